The molecule has 3 aromatic rings. The average Bonchev–Trinajstić information content (AvgIpc) is 2.96. The lowest BCUT2D eigenvalue weighted by Gasteiger charge is -2.35. The van der Waals surface area contributed by atoms with Crippen LogP contribution in [0, 0.1) is 13.8 Å². The summed E-state index contributed by atoms with van der Waals surface area (Å²) < 4.78 is 29.4. The van der Waals surface area contributed by atoms with E-state index in [1.807, 2.05) is 63.2 Å². The van der Waals surface area contributed by atoms with Gasteiger partial charge in [0.2, 0.25) is 11.8 Å². The van der Waals surface area contributed by atoms with E-state index in [2.05, 4.69) is 5.32 Å². The molecule has 0 aliphatic rings. The molecule has 10 heteroatoms. The molecule has 0 unspecified atom stereocenters. The van der Waals surface area contributed by atoms with Gasteiger partial charge >= 0.3 is 10.2 Å². The van der Waals surface area contributed by atoms with E-state index in [0.29, 0.717) is 22.8 Å². The number of benzene rings is 3. The van der Waals surface area contributed by atoms with Gasteiger partial charge in [0, 0.05) is 38.6 Å². The van der Waals surface area contributed by atoms with Crippen molar-refractivity contribution in [1.29, 1.82) is 0 Å². The summed E-state index contributed by atoms with van der Waals surface area (Å²) in [4.78, 5) is 29.5. The third kappa shape index (κ3) is 8.80. The highest BCUT2D eigenvalue weighted by molar-refractivity contribution is 7.90. The third-order valence-corrected chi connectivity index (χ3v) is 9.08. The Morgan fingerprint density at radius 2 is 1.60 bits per heavy atom. The third-order valence-electron chi connectivity index (χ3n) is 7.02. The van der Waals surface area contributed by atoms with E-state index in [1.165, 1.54) is 19.0 Å². The first-order valence-corrected chi connectivity index (χ1v) is 15.8. The Bertz CT molecular complexity index is 1450. The van der Waals surface area contributed by atoms with Gasteiger partial charge in [-0.25, -0.2) is 4.31 Å². The molecule has 0 fully saturated rings. The van der Waals surface area contributed by atoms with E-state index in [9.17, 15) is 18.0 Å². The first kappa shape index (κ1) is 33.1. The Labute approximate surface area is 255 Å². The van der Waals surface area contributed by atoms with Crippen LogP contribution in [-0.2, 0) is 32.8 Å². The lowest BCUT2D eigenvalue weighted by molar-refractivity contribution is -0.140. The van der Waals surface area contributed by atoms with Crippen molar-refractivity contribution in [3.63, 3.8) is 0 Å². The van der Waals surface area contributed by atoms with E-state index in [1.54, 1.807) is 30.3 Å². The second-order valence-electron chi connectivity index (χ2n) is 10.6. The molecule has 0 aromatic heterocycles. The van der Waals surface area contributed by atoms with Gasteiger partial charge < -0.3 is 10.2 Å². The van der Waals surface area contributed by atoms with Crippen LogP contribution in [0.2, 0.25) is 5.02 Å². The number of amides is 2. The molecule has 0 heterocycles. The molecule has 1 atom stereocenters. The fourth-order valence-corrected chi connectivity index (χ4v) is 5.78. The molecule has 0 saturated carbocycles. The molecule has 0 saturated heterocycles. The van der Waals surface area contributed by atoms with Crippen molar-refractivity contribution in [1.82, 2.24) is 14.5 Å². The summed E-state index contributed by atoms with van der Waals surface area (Å²) >= 11 is 6.12. The molecule has 1 N–H and O–H groups in total. The van der Waals surface area contributed by atoms with Crippen LogP contribution in [-0.4, -0.2) is 62.7 Å². The average molecular weight is 613 g/mol. The van der Waals surface area contributed by atoms with Gasteiger partial charge in [-0.3, -0.25) is 9.59 Å². The molecule has 8 nitrogen and oxygen atoms in total. The SMILES string of the molecule is CCCCNC(=O)[C@H](Cc1ccccc1)N(Cc1ccc(Cl)cc1)C(=O)CN(c1cc(C)ccc1C)S(=O)(=O)N(C)C. The Kier molecular flexibility index (Phi) is 12.0. The van der Waals surface area contributed by atoms with E-state index in [4.69, 9.17) is 11.6 Å². The van der Waals surface area contributed by atoms with Crippen molar-refractivity contribution in [3.05, 3.63) is 100 Å². The van der Waals surface area contributed by atoms with E-state index in [0.717, 1.165) is 38.1 Å². The molecule has 0 aliphatic carbocycles. The van der Waals surface area contributed by atoms with Gasteiger partial charge in [0.15, 0.2) is 0 Å². The van der Waals surface area contributed by atoms with Crippen molar-refractivity contribution in [3.8, 4) is 0 Å². The molecule has 0 spiro atoms. The zero-order valence-electron chi connectivity index (χ0n) is 25.0. The molecule has 42 heavy (non-hydrogen) atoms. The Balaban J connectivity index is 2.10. The smallest absolute Gasteiger partial charge is 0.304 e. The molecule has 0 bridgehead atoms. The zero-order chi connectivity index (χ0) is 30.9. The van der Waals surface area contributed by atoms with Gasteiger partial charge in [-0.05, 0) is 60.7 Å². The van der Waals surface area contributed by atoms with Crippen LogP contribution in [0.5, 0.6) is 0 Å². The zero-order valence-corrected chi connectivity index (χ0v) is 26.6. The fraction of sp³-hybridized carbons (Fsp3) is 0.375. The highest BCUT2D eigenvalue weighted by atomic mass is 35.5. The van der Waals surface area contributed by atoms with Crippen molar-refractivity contribution in [2.24, 2.45) is 0 Å². The first-order valence-electron chi connectivity index (χ1n) is 14.1. The van der Waals surface area contributed by atoms with Crippen LogP contribution in [0.3, 0.4) is 0 Å². The predicted molar refractivity (Wildman–Crippen MR) is 170 cm³/mol. The highest BCUT2D eigenvalue weighted by Crippen LogP contribution is 2.26. The Hall–Kier alpha value is -3.40. The summed E-state index contributed by atoms with van der Waals surface area (Å²) in [5.74, 6) is -0.786. The Morgan fingerprint density at radius 3 is 2.21 bits per heavy atom. The Morgan fingerprint density at radius 1 is 0.929 bits per heavy atom. The molecule has 3 aromatic carbocycles. The van der Waals surface area contributed by atoms with E-state index >= 15 is 0 Å². The second kappa shape index (κ2) is 15.2. The second-order valence-corrected chi connectivity index (χ2v) is 13.1. The standard InChI is InChI=1S/C32H41ClN4O4S/c1-6-7-19-34-32(39)30(21-26-11-9-8-10-12-26)36(22-27-15-17-28(33)18-16-27)31(38)23-37(42(40,41)35(4)5)29-20-24(2)13-14-25(29)3/h8-18,20,30H,6-7,19,21-23H2,1-5H3,(H,34,39)/t30-/m0/s1. The normalized spacial score (nSPS) is 12.2. The molecule has 0 radical (unpaired) electrons. The summed E-state index contributed by atoms with van der Waals surface area (Å²) in [6.45, 7) is 5.81. The number of carbonyl (C=O) groups is 2. The number of hydrogen-bond donors (Lipinski definition) is 1. The maximum atomic E-state index is 14.3. The van der Waals surface area contributed by atoms with Crippen molar-refractivity contribution in [2.45, 2.75) is 52.6 Å². The largest absolute Gasteiger partial charge is 0.354 e. The molecular weight excluding hydrogens is 572 g/mol. The lowest BCUT2D eigenvalue weighted by atomic mass is 10.0. The van der Waals surface area contributed by atoms with Gasteiger partial charge in [-0.1, -0.05) is 79.5 Å². The predicted octanol–water partition coefficient (Wildman–Crippen LogP) is 5.13. The summed E-state index contributed by atoms with van der Waals surface area (Å²) in [6.07, 6.45) is 1.97. The maximum Gasteiger partial charge on any atom is 0.304 e. The van der Waals surface area contributed by atoms with Crippen LogP contribution in [0.15, 0.2) is 72.8 Å². The van der Waals surface area contributed by atoms with E-state index < -0.39 is 28.7 Å². The van der Waals surface area contributed by atoms with Crippen molar-refractivity contribution >= 4 is 39.3 Å². The van der Waals surface area contributed by atoms with Gasteiger partial charge in [-0.2, -0.15) is 12.7 Å². The summed E-state index contributed by atoms with van der Waals surface area (Å²) in [5.41, 5.74) is 3.63. The number of unbranched alkanes of at least 4 members (excludes halogenated alkanes) is 1. The van der Waals surface area contributed by atoms with E-state index in [-0.39, 0.29) is 18.9 Å². The van der Waals surface area contributed by atoms with Crippen LogP contribution in [0.25, 0.3) is 0 Å². The number of anilines is 1. The van der Waals surface area contributed by atoms with Crippen LogP contribution in [0.4, 0.5) is 5.69 Å². The van der Waals surface area contributed by atoms with Crippen LogP contribution in [0.1, 0.15) is 42.0 Å². The van der Waals surface area contributed by atoms with Crippen LogP contribution < -0.4 is 9.62 Å². The highest BCUT2D eigenvalue weighted by Gasteiger charge is 2.35. The minimum Gasteiger partial charge on any atom is -0.354 e. The van der Waals surface area contributed by atoms with Gasteiger partial charge in [0.1, 0.15) is 12.6 Å². The summed E-state index contributed by atoms with van der Waals surface area (Å²) in [5, 5.41) is 3.54. The fourth-order valence-electron chi connectivity index (χ4n) is 4.54. The number of hydrogen-bond acceptors (Lipinski definition) is 4. The molecule has 0 aliphatic heterocycles. The maximum absolute atomic E-state index is 14.3. The minimum atomic E-state index is -4.06. The van der Waals surface area contributed by atoms with Gasteiger partial charge in [0.05, 0.1) is 5.69 Å². The summed E-state index contributed by atoms with van der Waals surface area (Å²) in [6, 6.07) is 21.2. The number of nitrogens with zero attached hydrogens (tertiary/aromatic N) is 3. The quantitative estimate of drug-likeness (QED) is 0.256. The first-order chi connectivity index (χ1) is 19.9. The monoisotopic (exact) mass is 612 g/mol. The van der Waals surface area contributed by atoms with Crippen molar-refractivity contribution < 1.29 is 18.0 Å². The van der Waals surface area contributed by atoms with Gasteiger partial charge in [0.25, 0.3) is 0 Å². The number of carbonyl (C=O) groups excluding carboxylic acids is 2. The molecule has 3 rings (SSSR count). The molecule has 226 valence electrons. The van der Waals surface area contributed by atoms with Crippen LogP contribution >= 0.6 is 11.6 Å². The summed E-state index contributed by atoms with van der Waals surface area (Å²) in [7, 11) is -1.19. The molecular formula is C32H41ClN4O4S. The topological polar surface area (TPSA) is 90.0 Å². The number of halogens is 1. The lowest BCUT2D eigenvalue weighted by Crippen LogP contribution is -2.54. The number of rotatable bonds is 14. The minimum absolute atomic E-state index is 0.0946. The van der Waals surface area contributed by atoms with Crippen molar-refractivity contribution in [2.75, 3.05) is 31.5 Å². The van der Waals surface area contributed by atoms with Gasteiger partial charge in [-0.15, -0.1) is 0 Å². The number of nitrogens with one attached hydrogen (secondary N) is 1. The molecule has 2 amide bonds. The number of aryl methyl sites for hydroxylation is 2.